The van der Waals surface area contributed by atoms with E-state index in [1.807, 2.05) is 6.92 Å². The molecule has 11 heteroatoms. The Morgan fingerprint density at radius 2 is 1.91 bits per heavy atom. The summed E-state index contributed by atoms with van der Waals surface area (Å²) in [5, 5.41) is 12.7. The summed E-state index contributed by atoms with van der Waals surface area (Å²) in [7, 11) is 1.46. The lowest BCUT2D eigenvalue weighted by Crippen LogP contribution is -2.40. The van der Waals surface area contributed by atoms with Crippen LogP contribution in [0.15, 0.2) is 29.1 Å². The molecule has 2 rings (SSSR count). The molecule has 1 heterocycles. The van der Waals surface area contributed by atoms with E-state index in [4.69, 9.17) is 9.47 Å². The number of nitrogens with zero attached hydrogens (tertiary/aromatic N) is 2. The molecule has 0 unspecified atom stereocenters. The van der Waals surface area contributed by atoms with E-state index in [0.29, 0.717) is 12.2 Å². The van der Waals surface area contributed by atoms with Crippen molar-refractivity contribution in [2.24, 2.45) is 0 Å². The molecule has 3 N–H and O–H groups in total. The fourth-order valence-electron chi connectivity index (χ4n) is 2.95. The summed E-state index contributed by atoms with van der Waals surface area (Å²) in [6.45, 7) is 7.57. The second-order valence-electron chi connectivity index (χ2n) is 8.99. The molecule has 0 aliphatic carbocycles. The van der Waals surface area contributed by atoms with Gasteiger partial charge in [0.1, 0.15) is 23.3 Å². The highest BCUT2D eigenvalue weighted by Gasteiger charge is 2.30. The number of likely N-dealkylation sites (N-methyl/N-ethyl adjacent to an activating group) is 1. The monoisotopic (exact) mass is 492 g/mol. The van der Waals surface area contributed by atoms with Crippen LogP contribution < -0.4 is 10.9 Å². The summed E-state index contributed by atoms with van der Waals surface area (Å²) >= 11 is 0. The van der Waals surface area contributed by atoms with Crippen molar-refractivity contribution in [3.8, 4) is 5.75 Å². The Morgan fingerprint density at radius 1 is 1.26 bits per heavy atom. The number of benzene rings is 1. The lowest BCUT2D eigenvalue weighted by molar-refractivity contribution is 0.00604. The SMILES string of the molecule is CCCCOC[C@H](c1nc(C(=O)NCc2ccc(F)cc2)c(O)c(=O)[nH]1)N(C)C(=O)OC(C)(C)C. The minimum absolute atomic E-state index is 0.0176. The van der Waals surface area contributed by atoms with E-state index in [0.717, 1.165) is 12.8 Å². The molecule has 0 aliphatic rings. The van der Waals surface area contributed by atoms with Gasteiger partial charge in [0.05, 0.1) is 6.61 Å². The molecule has 0 radical (unpaired) electrons. The number of amides is 2. The first-order valence-electron chi connectivity index (χ1n) is 11.3. The normalized spacial score (nSPS) is 12.2. The van der Waals surface area contributed by atoms with Crippen molar-refractivity contribution in [1.82, 2.24) is 20.2 Å². The molecule has 0 bridgehead atoms. The van der Waals surface area contributed by atoms with Gasteiger partial charge in [-0.1, -0.05) is 25.5 Å². The van der Waals surface area contributed by atoms with E-state index in [1.165, 1.54) is 36.2 Å². The lowest BCUT2D eigenvalue weighted by atomic mass is 10.2. The highest BCUT2D eigenvalue weighted by Crippen LogP contribution is 2.21. The smallest absolute Gasteiger partial charge is 0.410 e. The van der Waals surface area contributed by atoms with E-state index >= 15 is 0 Å². The molecule has 0 saturated carbocycles. The molecule has 1 aromatic carbocycles. The van der Waals surface area contributed by atoms with Crippen molar-refractivity contribution in [3.05, 3.63) is 57.5 Å². The largest absolute Gasteiger partial charge is 0.501 e. The van der Waals surface area contributed by atoms with Gasteiger partial charge < -0.3 is 24.9 Å². The summed E-state index contributed by atoms with van der Waals surface area (Å²) in [5.74, 6) is -2.15. The van der Waals surface area contributed by atoms with Gasteiger partial charge in [-0.2, -0.15) is 0 Å². The number of hydrogen-bond acceptors (Lipinski definition) is 7. The number of unbranched alkanes of at least 4 members (excludes halogenated alkanes) is 1. The van der Waals surface area contributed by atoms with Gasteiger partial charge >= 0.3 is 6.09 Å². The van der Waals surface area contributed by atoms with Crippen molar-refractivity contribution < 1.29 is 28.6 Å². The molecule has 0 saturated heterocycles. The zero-order valence-electron chi connectivity index (χ0n) is 20.7. The maximum atomic E-state index is 13.1. The fourth-order valence-corrected chi connectivity index (χ4v) is 2.95. The zero-order valence-corrected chi connectivity index (χ0v) is 20.7. The predicted octanol–water partition coefficient (Wildman–Crippen LogP) is 3.27. The molecule has 0 spiro atoms. The van der Waals surface area contributed by atoms with Crippen LogP contribution in [-0.4, -0.2) is 57.8 Å². The number of aromatic nitrogens is 2. The highest BCUT2D eigenvalue weighted by atomic mass is 19.1. The van der Waals surface area contributed by atoms with Gasteiger partial charge in [0.15, 0.2) is 5.69 Å². The molecule has 0 fully saturated rings. The average molecular weight is 493 g/mol. The quantitative estimate of drug-likeness (QED) is 0.433. The van der Waals surface area contributed by atoms with Gasteiger partial charge in [0.2, 0.25) is 5.75 Å². The molecule has 10 nitrogen and oxygen atoms in total. The number of nitrogens with one attached hydrogen (secondary N) is 2. The van der Waals surface area contributed by atoms with Gasteiger partial charge in [-0.3, -0.25) is 14.5 Å². The van der Waals surface area contributed by atoms with Crippen LogP contribution in [0.1, 0.15) is 68.5 Å². The van der Waals surface area contributed by atoms with Crippen LogP contribution in [0.4, 0.5) is 9.18 Å². The number of carbonyl (C=O) groups excluding carboxylic acids is 2. The third-order valence-electron chi connectivity index (χ3n) is 4.88. The molecule has 2 amide bonds. The van der Waals surface area contributed by atoms with Crippen LogP contribution >= 0.6 is 0 Å². The molecule has 1 atom stereocenters. The summed E-state index contributed by atoms with van der Waals surface area (Å²) in [4.78, 5) is 45.6. The standard InChI is InChI=1S/C24H33FN4O6/c1-6-7-12-34-14-17(29(5)23(33)35-24(2,3)4)20-27-18(19(30)22(32)28-20)21(31)26-13-15-8-10-16(25)11-9-15/h8-11,17,30H,6-7,12-14H2,1-5H3,(H,26,31)(H,27,28,32)/t17-/m1/s1. The summed E-state index contributed by atoms with van der Waals surface area (Å²) in [6, 6.07) is 4.58. The Kier molecular flexibility index (Phi) is 9.76. The first-order chi connectivity index (χ1) is 16.4. The Hall–Kier alpha value is -3.47. The van der Waals surface area contributed by atoms with Crippen LogP contribution in [0, 0.1) is 5.82 Å². The van der Waals surface area contributed by atoms with Crippen molar-refractivity contribution in [3.63, 3.8) is 0 Å². The van der Waals surface area contributed by atoms with Gasteiger partial charge in [-0.05, 0) is 44.9 Å². The second-order valence-corrected chi connectivity index (χ2v) is 8.99. The number of aromatic hydroxyl groups is 1. The number of ether oxygens (including phenoxy) is 2. The Bertz CT molecular complexity index is 1070. The number of halogens is 1. The van der Waals surface area contributed by atoms with Crippen LogP contribution in [0.5, 0.6) is 5.75 Å². The Morgan fingerprint density at radius 3 is 2.51 bits per heavy atom. The molecule has 2 aromatic rings. The summed E-state index contributed by atoms with van der Waals surface area (Å²) < 4.78 is 24.2. The maximum Gasteiger partial charge on any atom is 0.410 e. The third kappa shape index (κ3) is 8.36. The van der Waals surface area contributed by atoms with E-state index in [9.17, 15) is 23.9 Å². The lowest BCUT2D eigenvalue weighted by Gasteiger charge is -2.30. The average Bonchev–Trinajstić information content (AvgIpc) is 2.79. The topological polar surface area (TPSA) is 134 Å². The molecule has 192 valence electrons. The number of aromatic amines is 1. The van der Waals surface area contributed by atoms with Crippen molar-refractivity contribution in [1.29, 1.82) is 0 Å². The van der Waals surface area contributed by atoms with Crippen LogP contribution in [-0.2, 0) is 16.0 Å². The van der Waals surface area contributed by atoms with E-state index in [2.05, 4.69) is 15.3 Å². The van der Waals surface area contributed by atoms with Crippen molar-refractivity contribution in [2.45, 2.75) is 58.7 Å². The summed E-state index contributed by atoms with van der Waals surface area (Å²) in [5.41, 5.74) is -1.61. The number of rotatable bonds is 10. The molecule has 0 aliphatic heterocycles. The number of carbonyl (C=O) groups is 2. The maximum absolute atomic E-state index is 13.1. The minimum Gasteiger partial charge on any atom is -0.501 e. The molecular formula is C24H33FN4O6. The van der Waals surface area contributed by atoms with Crippen LogP contribution in [0.25, 0.3) is 0 Å². The van der Waals surface area contributed by atoms with Gasteiger partial charge in [-0.25, -0.2) is 14.2 Å². The van der Waals surface area contributed by atoms with Crippen LogP contribution in [0.3, 0.4) is 0 Å². The Balaban J connectivity index is 2.32. The predicted molar refractivity (Wildman–Crippen MR) is 127 cm³/mol. The molecule has 35 heavy (non-hydrogen) atoms. The van der Waals surface area contributed by atoms with Crippen LogP contribution in [0.2, 0.25) is 0 Å². The molecular weight excluding hydrogens is 459 g/mol. The molecule has 1 aromatic heterocycles. The van der Waals surface area contributed by atoms with Gasteiger partial charge in [0, 0.05) is 20.2 Å². The van der Waals surface area contributed by atoms with E-state index in [1.54, 1.807) is 20.8 Å². The minimum atomic E-state index is -0.946. The Labute approximate surface area is 203 Å². The highest BCUT2D eigenvalue weighted by molar-refractivity contribution is 5.94. The van der Waals surface area contributed by atoms with Crippen molar-refractivity contribution >= 4 is 12.0 Å². The summed E-state index contributed by atoms with van der Waals surface area (Å²) in [6.07, 6.45) is 1.01. The fraction of sp³-hybridized carbons (Fsp3) is 0.500. The number of H-pyrrole nitrogens is 1. The first-order valence-corrected chi connectivity index (χ1v) is 11.3. The van der Waals surface area contributed by atoms with Gasteiger partial charge in [0.25, 0.3) is 11.5 Å². The van der Waals surface area contributed by atoms with Crippen molar-refractivity contribution in [2.75, 3.05) is 20.3 Å². The van der Waals surface area contributed by atoms with E-state index in [-0.39, 0.29) is 19.0 Å². The second kappa shape index (κ2) is 12.3. The first kappa shape index (κ1) is 27.8. The zero-order chi connectivity index (χ0) is 26.2. The third-order valence-corrected chi connectivity index (χ3v) is 4.88. The number of hydrogen-bond donors (Lipinski definition) is 3. The van der Waals surface area contributed by atoms with Gasteiger partial charge in [-0.15, -0.1) is 0 Å². The van der Waals surface area contributed by atoms with E-state index < -0.39 is 46.5 Å².